The second-order valence-electron chi connectivity index (χ2n) is 5.22. The molecule has 0 spiro atoms. The average molecular weight is 348 g/mol. The molecule has 6 heteroatoms. The molecule has 2 aromatic carbocycles. The number of methoxy groups -OCH3 is 1. The fourth-order valence-electron chi connectivity index (χ4n) is 2.35. The van der Waals surface area contributed by atoms with Crippen LogP contribution in [0.5, 0.6) is 0 Å². The molecule has 1 amide bonds. The van der Waals surface area contributed by atoms with Gasteiger partial charge in [-0.15, -0.1) is 0 Å². The maximum atomic E-state index is 12.4. The van der Waals surface area contributed by atoms with Crippen LogP contribution < -0.4 is 5.32 Å². The minimum atomic E-state index is -1.13. The van der Waals surface area contributed by atoms with Crippen molar-refractivity contribution in [3.8, 4) is 0 Å². The minimum Gasteiger partial charge on any atom is -0.480 e. The van der Waals surface area contributed by atoms with E-state index >= 15 is 0 Å². The van der Waals surface area contributed by atoms with Crippen molar-refractivity contribution >= 4 is 23.5 Å². The Balaban J connectivity index is 2.13. The predicted molar refractivity (Wildman–Crippen MR) is 90.9 cm³/mol. The van der Waals surface area contributed by atoms with E-state index in [9.17, 15) is 14.7 Å². The van der Waals surface area contributed by atoms with Crippen LogP contribution in [0.1, 0.15) is 17.2 Å². The number of carboxylic acids is 1. The average Bonchev–Trinajstić information content (AvgIpc) is 2.57. The van der Waals surface area contributed by atoms with Crippen LogP contribution in [0.2, 0.25) is 5.02 Å². The van der Waals surface area contributed by atoms with Gasteiger partial charge in [-0.2, -0.15) is 0 Å². The Bertz CT molecular complexity index is 705. The first-order chi connectivity index (χ1) is 11.5. The zero-order valence-corrected chi connectivity index (χ0v) is 13.9. The van der Waals surface area contributed by atoms with Crippen molar-refractivity contribution in [2.24, 2.45) is 0 Å². The quantitative estimate of drug-likeness (QED) is 0.807. The summed E-state index contributed by atoms with van der Waals surface area (Å²) < 4.78 is 5.22. The number of amides is 1. The molecule has 0 unspecified atom stereocenters. The Kier molecular flexibility index (Phi) is 6.35. The van der Waals surface area contributed by atoms with Crippen molar-refractivity contribution in [3.05, 3.63) is 70.7 Å². The third-order valence-corrected chi connectivity index (χ3v) is 3.94. The van der Waals surface area contributed by atoms with Crippen molar-refractivity contribution in [2.45, 2.75) is 18.6 Å². The molecule has 2 rings (SSSR count). The summed E-state index contributed by atoms with van der Waals surface area (Å²) in [6.45, 7) is 0. The van der Waals surface area contributed by atoms with Gasteiger partial charge in [-0.25, -0.2) is 4.79 Å². The summed E-state index contributed by atoms with van der Waals surface area (Å²) in [7, 11) is 1.40. The highest BCUT2D eigenvalue weighted by Gasteiger charge is 2.26. The zero-order chi connectivity index (χ0) is 17.5. The summed E-state index contributed by atoms with van der Waals surface area (Å²) >= 11 is 6.06. The van der Waals surface area contributed by atoms with E-state index in [1.54, 1.807) is 48.5 Å². The van der Waals surface area contributed by atoms with Gasteiger partial charge in [0, 0.05) is 18.6 Å². The van der Waals surface area contributed by atoms with E-state index in [1.807, 2.05) is 6.07 Å². The Morgan fingerprint density at radius 3 is 2.33 bits per heavy atom. The van der Waals surface area contributed by atoms with Crippen LogP contribution in [-0.2, 0) is 20.7 Å². The number of rotatable bonds is 7. The summed E-state index contributed by atoms with van der Waals surface area (Å²) in [5.41, 5.74) is 1.31. The monoisotopic (exact) mass is 347 g/mol. The van der Waals surface area contributed by atoms with Crippen LogP contribution in [-0.4, -0.2) is 30.1 Å². The molecule has 0 radical (unpaired) electrons. The Morgan fingerprint density at radius 2 is 1.75 bits per heavy atom. The van der Waals surface area contributed by atoms with E-state index in [2.05, 4.69) is 5.32 Å². The lowest BCUT2D eigenvalue weighted by Crippen LogP contribution is -2.44. The second-order valence-corrected chi connectivity index (χ2v) is 5.63. The number of hydrogen-bond acceptors (Lipinski definition) is 3. The van der Waals surface area contributed by atoms with Gasteiger partial charge in [0.2, 0.25) is 0 Å². The molecule has 126 valence electrons. The standard InChI is InChI=1S/C18H18ClNO4/c1-24-16(12-7-3-2-4-8-12)17(21)20-15(18(22)23)11-13-9-5-6-10-14(13)19/h2-10,15-16H,11H2,1H3,(H,20,21)(H,22,23)/t15-,16+/m0/s1. The summed E-state index contributed by atoms with van der Waals surface area (Å²) in [6.07, 6.45) is -0.786. The van der Waals surface area contributed by atoms with Crippen LogP contribution in [0, 0.1) is 0 Å². The van der Waals surface area contributed by atoms with Gasteiger partial charge in [-0.3, -0.25) is 4.79 Å². The lowest BCUT2D eigenvalue weighted by atomic mass is 10.0. The van der Waals surface area contributed by atoms with E-state index in [4.69, 9.17) is 16.3 Å². The molecule has 0 heterocycles. The van der Waals surface area contributed by atoms with Gasteiger partial charge in [-0.1, -0.05) is 60.1 Å². The zero-order valence-electron chi connectivity index (χ0n) is 13.1. The number of carboxylic acid groups (broad SMARTS) is 1. The molecule has 0 fully saturated rings. The lowest BCUT2D eigenvalue weighted by Gasteiger charge is -2.20. The molecule has 0 saturated heterocycles. The van der Waals surface area contributed by atoms with E-state index in [0.717, 1.165) is 0 Å². The number of ether oxygens (including phenoxy) is 1. The van der Waals surface area contributed by atoms with Gasteiger partial charge >= 0.3 is 5.97 Å². The highest BCUT2D eigenvalue weighted by Crippen LogP contribution is 2.19. The first-order valence-corrected chi connectivity index (χ1v) is 7.75. The number of carbonyl (C=O) groups excluding carboxylic acids is 1. The molecule has 0 saturated carbocycles. The number of hydrogen-bond donors (Lipinski definition) is 2. The number of nitrogens with one attached hydrogen (secondary N) is 1. The lowest BCUT2D eigenvalue weighted by molar-refractivity contribution is -0.144. The molecule has 2 atom stereocenters. The molecule has 2 aromatic rings. The molecular weight excluding hydrogens is 330 g/mol. The van der Waals surface area contributed by atoms with Gasteiger partial charge in [0.15, 0.2) is 6.10 Å². The minimum absolute atomic E-state index is 0.0893. The fourth-order valence-corrected chi connectivity index (χ4v) is 2.57. The molecule has 0 aromatic heterocycles. The molecule has 0 aliphatic rings. The van der Waals surface area contributed by atoms with E-state index in [1.165, 1.54) is 7.11 Å². The molecule has 0 aliphatic heterocycles. The maximum Gasteiger partial charge on any atom is 0.326 e. The van der Waals surface area contributed by atoms with Gasteiger partial charge in [-0.05, 0) is 17.2 Å². The topological polar surface area (TPSA) is 75.6 Å². The number of halogens is 1. The van der Waals surface area contributed by atoms with Crippen molar-refractivity contribution in [1.82, 2.24) is 5.32 Å². The molecule has 0 bridgehead atoms. The van der Waals surface area contributed by atoms with E-state index < -0.39 is 24.0 Å². The highest BCUT2D eigenvalue weighted by atomic mass is 35.5. The van der Waals surface area contributed by atoms with Gasteiger partial charge in [0.1, 0.15) is 6.04 Å². The first kappa shape index (κ1) is 18.0. The van der Waals surface area contributed by atoms with E-state index in [-0.39, 0.29) is 6.42 Å². The third kappa shape index (κ3) is 4.57. The Morgan fingerprint density at radius 1 is 1.12 bits per heavy atom. The van der Waals surface area contributed by atoms with Gasteiger partial charge in [0.25, 0.3) is 5.91 Å². The van der Waals surface area contributed by atoms with Crippen molar-refractivity contribution in [3.63, 3.8) is 0 Å². The summed E-state index contributed by atoms with van der Waals surface area (Å²) in [4.78, 5) is 23.9. The maximum absolute atomic E-state index is 12.4. The molecule has 0 aliphatic carbocycles. The normalized spacial score (nSPS) is 13.1. The van der Waals surface area contributed by atoms with Crippen LogP contribution in [0.15, 0.2) is 54.6 Å². The number of carbonyl (C=O) groups is 2. The van der Waals surface area contributed by atoms with Crippen LogP contribution in [0.4, 0.5) is 0 Å². The summed E-state index contributed by atoms with van der Waals surface area (Å²) in [6, 6.07) is 14.7. The molecular formula is C18H18ClNO4. The third-order valence-electron chi connectivity index (χ3n) is 3.57. The summed E-state index contributed by atoms with van der Waals surface area (Å²) in [5, 5.41) is 12.4. The van der Waals surface area contributed by atoms with Crippen LogP contribution in [0.3, 0.4) is 0 Å². The SMILES string of the molecule is CO[C@@H](C(=O)N[C@@H](Cc1ccccc1Cl)C(=O)O)c1ccccc1. The fraction of sp³-hybridized carbons (Fsp3) is 0.222. The van der Waals surface area contributed by atoms with Crippen LogP contribution in [0.25, 0.3) is 0 Å². The number of benzene rings is 2. The molecule has 24 heavy (non-hydrogen) atoms. The van der Waals surface area contributed by atoms with Gasteiger partial charge < -0.3 is 15.2 Å². The number of aliphatic carboxylic acids is 1. The summed E-state index contributed by atoms with van der Waals surface area (Å²) in [5.74, 6) is -1.64. The smallest absolute Gasteiger partial charge is 0.326 e. The van der Waals surface area contributed by atoms with Crippen LogP contribution >= 0.6 is 11.6 Å². The largest absolute Gasteiger partial charge is 0.480 e. The Labute approximate surface area is 145 Å². The molecule has 5 nitrogen and oxygen atoms in total. The van der Waals surface area contributed by atoms with Crippen molar-refractivity contribution in [1.29, 1.82) is 0 Å². The van der Waals surface area contributed by atoms with Crippen molar-refractivity contribution < 1.29 is 19.4 Å². The Hall–Kier alpha value is -2.37. The van der Waals surface area contributed by atoms with E-state index in [0.29, 0.717) is 16.1 Å². The second kappa shape index (κ2) is 8.47. The highest BCUT2D eigenvalue weighted by molar-refractivity contribution is 6.31. The molecule has 2 N–H and O–H groups in total. The van der Waals surface area contributed by atoms with Crippen molar-refractivity contribution in [2.75, 3.05) is 7.11 Å². The first-order valence-electron chi connectivity index (χ1n) is 7.37. The van der Waals surface area contributed by atoms with Gasteiger partial charge in [0.05, 0.1) is 0 Å². The predicted octanol–water partition coefficient (Wildman–Crippen LogP) is 2.84.